The zero-order chi connectivity index (χ0) is 9.68. The summed E-state index contributed by atoms with van der Waals surface area (Å²) in [7, 11) is 0. The normalized spacial score (nSPS) is 9.92. The van der Waals surface area contributed by atoms with Crippen LogP contribution in [0.4, 0.5) is 0 Å². The van der Waals surface area contributed by atoms with Crippen molar-refractivity contribution >= 4 is 0 Å². The topological polar surface area (TPSA) is 24.1 Å². The van der Waals surface area contributed by atoms with Crippen molar-refractivity contribution in [3.63, 3.8) is 0 Å². The lowest BCUT2D eigenvalue weighted by Gasteiger charge is -1.98. The Morgan fingerprint density at radius 3 is 2.92 bits per heavy atom. The van der Waals surface area contributed by atoms with E-state index in [9.17, 15) is 5.11 Å². The van der Waals surface area contributed by atoms with Gasteiger partial charge in [-0.05, 0) is 18.6 Å². The van der Waals surface area contributed by atoms with Gasteiger partial charge in [-0.3, -0.25) is 0 Å². The van der Waals surface area contributed by atoms with Gasteiger partial charge in [-0.25, -0.2) is 0 Å². The first-order valence-corrected chi connectivity index (χ1v) is 4.59. The van der Waals surface area contributed by atoms with Crippen molar-refractivity contribution < 1.29 is 9.67 Å². The summed E-state index contributed by atoms with van der Waals surface area (Å²) in [5.74, 6) is 0.327. The zero-order valence-corrected chi connectivity index (χ0v) is 8.03. The minimum absolute atomic E-state index is 0.327. The van der Waals surface area contributed by atoms with Crippen LogP contribution >= 0.6 is 0 Å². The molecule has 0 aliphatic heterocycles. The van der Waals surface area contributed by atoms with Crippen molar-refractivity contribution in [3.05, 3.63) is 36.7 Å². The Kier molecular flexibility index (Phi) is 3.50. The van der Waals surface area contributed by atoms with Gasteiger partial charge in [0.05, 0.1) is 0 Å². The third-order valence-electron chi connectivity index (χ3n) is 1.84. The summed E-state index contributed by atoms with van der Waals surface area (Å²) in [6.07, 6.45) is 7.67. The maximum absolute atomic E-state index is 9.39. The fraction of sp³-hybridized carbons (Fsp3) is 0.364. The largest absolute Gasteiger partial charge is 0.503 e. The zero-order valence-electron chi connectivity index (χ0n) is 8.03. The van der Waals surface area contributed by atoms with Crippen molar-refractivity contribution in [1.29, 1.82) is 0 Å². The Morgan fingerprint density at radius 1 is 1.54 bits per heavy atom. The summed E-state index contributed by atoms with van der Waals surface area (Å²) in [6.45, 7) is 6.53. The molecular formula is C11H16NO+. The predicted octanol–water partition coefficient (Wildman–Crippen LogP) is 1.82. The molecule has 70 valence electrons. The highest BCUT2D eigenvalue weighted by Gasteiger charge is 2.04. The molecule has 13 heavy (non-hydrogen) atoms. The van der Waals surface area contributed by atoms with E-state index in [1.54, 1.807) is 6.20 Å². The molecule has 1 aromatic rings. The Balaban J connectivity index is 2.89. The van der Waals surface area contributed by atoms with Gasteiger partial charge >= 0.3 is 0 Å². The summed E-state index contributed by atoms with van der Waals surface area (Å²) in [5, 5.41) is 9.39. The average Bonchev–Trinajstić information content (AvgIpc) is 2.04. The lowest BCUT2D eigenvalue weighted by atomic mass is 10.2. The Labute approximate surface area is 79.2 Å². The van der Waals surface area contributed by atoms with Gasteiger partial charge in [0, 0.05) is 5.56 Å². The Morgan fingerprint density at radius 2 is 2.31 bits per heavy atom. The lowest BCUT2D eigenvalue weighted by molar-refractivity contribution is -0.687. The van der Waals surface area contributed by atoms with Gasteiger partial charge in [0.2, 0.25) is 6.20 Å². The molecule has 0 unspecified atom stereocenters. The molecule has 0 saturated heterocycles. The van der Waals surface area contributed by atoms with Crippen LogP contribution in [0.1, 0.15) is 18.9 Å². The van der Waals surface area contributed by atoms with Gasteiger partial charge in [0.15, 0.2) is 18.5 Å². The monoisotopic (exact) mass is 178 g/mol. The van der Waals surface area contributed by atoms with E-state index in [-0.39, 0.29) is 0 Å². The van der Waals surface area contributed by atoms with Gasteiger partial charge in [0.25, 0.3) is 0 Å². The average molecular weight is 178 g/mol. The van der Waals surface area contributed by atoms with Crippen molar-refractivity contribution in [2.75, 3.05) is 0 Å². The van der Waals surface area contributed by atoms with E-state index >= 15 is 0 Å². The molecule has 2 heteroatoms. The van der Waals surface area contributed by atoms with Crippen LogP contribution in [0, 0.1) is 0 Å². The highest BCUT2D eigenvalue weighted by molar-refractivity contribution is 5.19. The second kappa shape index (κ2) is 4.65. The number of aromatic nitrogens is 1. The van der Waals surface area contributed by atoms with Crippen molar-refractivity contribution in [2.24, 2.45) is 0 Å². The first kappa shape index (κ1) is 9.78. The first-order chi connectivity index (χ1) is 6.26. The number of aryl methyl sites for hydroxylation is 1. The molecule has 1 heterocycles. The van der Waals surface area contributed by atoms with E-state index in [1.165, 1.54) is 5.56 Å². The van der Waals surface area contributed by atoms with Crippen LogP contribution in [0.2, 0.25) is 0 Å². The smallest absolute Gasteiger partial charge is 0.211 e. The van der Waals surface area contributed by atoms with Gasteiger partial charge in [-0.1, -0.05) is 19.9 Å². The number of hydrogen-bond acceptors (Lipinski definition) is 1. The molecule has 0 bridgehead atoms. The molecule has 0 fully saturated rings. The van der Waals surface area contributed by atoms with Crippen LogP contribution in [-0.4, -0.2) is 5.11 Å². The number of aromatic hydroxyl groups is 1. The van der Waals surface area contributed by atoms with Crippen LogP contribution in [0.5, 0.6) is 5.75 Å². The van der Waals surface area contributed by atoms with Crippen molar-refractivity contribution in [1.82, 2.24) is 0 Å². The van der Waals surface area contributed by atoms with Crippen molar-refractivity contribution in [3.8, 4) is 5.75 Å². The molecule has 0 radical (unpaired) electrons. The SMILES string of the molecule is C=CC[n+]1cc(O)cc(CCC)c1. The summed E-state index contributed by atoms with van der Waals surface area (Å²) in [4.78, 5) is 0. The van der Waals surface area contributed by atoms with E-state index in [4.69, 9.17) is 0 Å². The number of allylic oxidation sites excluding steroid dienone is 1. The van der Waals surface area contributed by atoms with Crippen LogP contribution in [0.3, 0.4) is 0 Å². The molecular weight excluding hydrogens is 162 g/mol. The maximum atomic E-state index is 9.39. The summed E-state index contributed by atoms with van der Waals surface area (Å²) in [5.41, 5.74) is 1.17. The number of pyridine rings is 1. The van der Waals surface area contributed by atoms with E-state index in [0.29, 0.717) is 5.75 Å². The molecule has 1 rings (SSSR count). The molecule has 1 N–H and O–H groups in total. The number of hydrogen-bond donors (Lipinski definition) is 1. The summed E-state index contributed by atoms with van der Waals surface area (Å²) in [6, 6.07) is 1.81. The molecule has 1 aromatic heterocycles. The third kappa shape index (κ3) is 2.90. The first-order valence-electron chi connectivity index (χ1n) is 4.59. The molecule has 0 aliphatic carbocycles. The summed E-state index contributed by atoms with van der Waals surface area (Å²) >= 11 is 0. The predicted molar refractivity (Wildman–Crippen MR) is 52.5 cm³/mol. The minimum atomic E-state index is 0.327. The van der Waals surface area contributed by atoms with Crippen LogP contribution in [0.15, 0.2) is 31.1 Å². The minimum Gasteiger partial charge on any atom is -0.503 e. The molecule has 0 aliphatic rings. The van der Waals surface area contributed by atoms with Gasteiger partial charge in [-0.2, -0.15) is 4.57 Å². The molecule has 0 amide bonds. The third-order valence-corrected chi connectivity index (χ3v) is 1.84. The quantitative estimate of drug-likeness (QED) is 0.552. The fourth-order valence-corrected chi connectivity index (χ4v) is 1.36. The van der Waals surface area contributed by atoms with E-state index in [0.717, 1.165) is 19.4 Å². The molecule has 2 nitrogen and oxygen atoms in total. The molecule has 0 atom stereocenters. The molecule has 0 spiro atoms. The van der Waals surface area contributed by atoms with E-state index < -0.39 is 0 Å². The molecule has 0 aromatic carbocycles. The fourth-order valence-electron chi connectivity index (χ4n) is 1.36. The van der Waals surface area contributed by atoms with Gasteiger partial charge in [-0.15, -0.1) is 0 Å². The van der Waals surface area contributed by atoms with E-state index in [2.05, 4.69) is 13.5 Å². The van der Waals surface area contributed by atoms with Crippen LogP contribution < -0.4 is 4.57 Å². The highest BCUT2D eigenvalue weighted by Crippen LogP contribution is 2.09. The van der Waals surface area contributed by atoms with Crippen molar-refractivity contribution in [2.45, 2.75) is 26.3 Å². The van der Waals surface area contributed by atoms with Gasteiger partial charge in [0.1, 0.15) is 0 Å². The van der Waals surface area contributed by atoms with Gasteiger partial charge < -0.3 is 5.11 Å². The number of rotatable bonds is 4. The highest BCUT2D eigenvalue weighted by atomic mass is 16.3. The van der Waals surface area contributed by atoms with E-state index in [1.807, 2.05) is 22.9 Å². The standard InChI is InChI=1S/C11H15NO/c1-3-5-10-7-11(13)9-12(8-10)6-4-2/h4,7-9H,2-3,5-6H2,1H3/p+1. The Bertz CT molecular complexity index is 294. The maximum Gasteiger partial charge on any atom is 0.211 e. The van der Waals surface area contributed by atoms with Crippen LogP contribution in [-0.2, 0) is 13.0 Å². The summed E-state index contributed by atoms with van der Waals surface area (Å²) < 4.78 is 1.94. The molecule has 0 saturated carbocycles. The second-order valence-corrected chi connectivity index (χ2v) is 3.14. The van der Waals surface area contributed by atoms with Crippen LogP contribution in [0.25, 0.3) is 0 Å². The second-order valence-electron chi connectivity index (χ2n) is 3.14. The Hall–Kier alpha value is -1.31. The lowest BCUT2D eigenvalue weighted by Crippen LogP contribution is -2.32. The number of nitrogens with zero attached hydrogens (tertiary/aromatic N) is 1.